The number of hydrogen-bond acceptors (Lipinski definition) is 3. The van der Waals surface area contributed by atoms with Gasteiger partial charge in [0.25, 0.3) is 5.91 Å². The first-order chi connectivity index (χ1) is 8.15. The molecule has 1 rings (SSSR count). The molecule has 0 atom stereocenters. The van der Waals surface area contributed by atoms with Crippen LogP contribution in [0.15, 0.2) is 18.3 Å². The van der Waals surface area contributed by atoms with Crippen LogP contribution in [-0.2, 0) is 0 Å². The molecule has 0 saturated carbocycles. The molecule has 2 N–H and O–H groups in total. The van der Waals surface area contributed by atoms with Crippen molar-refractivity contribution >= 4 is 5.91 Å². The molecule has 0 aliphatic heterocycles. The monoisotopic (exact) mass is 239 g/mol. The zero-order chi connectivity index (χ0) is 12.7. The van der Waals surface area contributed by atoms with Crippen LogP contribution in [0.2, 0.25) is 0 Å². The highest BCUT2D eigenvalue weighted by Gasteiger charge is 2.12. The van der Waals surface area contributed by atoms with Crippen LogP contribution in [0.25, 0.3) is 0 Å². The molecule has 0 aromatic carbocycles. The molecular formula is C12H18FN3O. The smallest absolute Gasteiger partial charge is 0.272 e. The quantitative estimate of drug-likeness (QED) is 0.764. The fourth-order valence-electron chi connectivity index (χ4n) is 1.47. The van der Waals surface area contributed by atoms with Crippen LogP contribution in [0, 0.1) is 5.82 Å². The lowest BCUT2D eigenvalue weighted by atomic mass is 10.2. The van der Waals surface area contributed by atoms with Crippen molar-refractivity contribution in [2.24, 2.45) is 5.73 Å². The molecule has 0 unspecified atom stereocenters. The van der Waals surface area contributed by atoms with Crippen molar-refractivity contribution in [3.63, 3.8) is 0 Å². The Bertz CT molecular complexity index is 353. The fourth-order valence-corrected chi connectivity index (χ4v) is 1.47. The summed E-state index contributed by atoms with van der Waals surface area (Å²) in [5.41, 5.74) is 5.66. The molecule has 4 nitrogen and oxygen atoms in total. The van der Waals surface area contributed by atoms with Gasteiger partial charge in [0.05, 0.1) is 6.20 Å². The predicted octanol–water partition coefficient (Wildman–Crippen LogP) is 1.42. The first-order valence-corrected chi connectivity index (χ1v) is 5.72. The number of nitrogens with two attached hydrogens (primary N) is 1. The second kappa shape index (κ2) is 6.96. The largest absolute Gasteiger partial charge is 0.340 e. The van der Waals surface area contributed by atoms with Crippen LogP contribution in [0.4, 0.5) is 4.39 Å². The highest BCUT2D eigenvalue weighted by atomic mass is 19.1. The topological polar surface area (TPSA) is 59.2 Å². The summed E-state index contributed by atoms with van der Waals surface area (Å²) in [7, 11) is 1.72. The van der Waals surface area contributed by atoms with E-state index in [2.05, 4.69) is 4.98 Å². The highest BCUT2D eigenvalue weighted by Crippen LogP contribution is 2.04. The molecule has 1 aromatic rings. The van der Waals surface area contributed by atoms with Crippen molar-refractivity contribution in [2.75, 3.05) is 20.1 Å². The summed E-state index contributed by atoms with van der Waals surface area (Å²) < 4.78 is 12.6. The Kier molecular flexibility index (Phi) is 5.56. The second-order valence-corrected chi connectivity index (χ2v) is 3.94. The van der Waals surface area contributed by atoms with E-state index >= 15 is 0 Å². The van der Waals surface area contributed by atoms with Crippen molar-refractivity contribution in [1.29, 1.82) is 0 Å². The maximum absolute atomic E-state index is 12.6. The summed E-state index contributed by atoms with van der Waals surface area (Å²) in [5.74, 6) is -0.620. The Morgan fingerprint density at radius 3 is 2.76 bits per heavy atom. The lowest BCUT2D eigenvalue weighted by Crippen LogP contribution is -2.28. The van der Waals surface area contributed by atoms with Crippen molar-refractivity contribution in [2.45, 2.75) is 19.3 Å². The van der Waals surface area contributed by atoms with Gasteiger partial charge >= 0.3 is 0 Å². The van der Waals surface area contributed by atoms with Crippen LogP contribution >= 0.6 is 0 Å². The number of nitrogens with zero attached hydrogens (tertiary/aromatic N) is 2. The zero-order valence-corrected chi connectivity index (χ0v) is 10.0. The molecule has 0 spiro atoms. The number of carbonyl (C=O) groups is 1. The van der Waals surface area contributed by atoms with Crippen LogP contribution in [-0.4, -0.2) is 35.9 Å². The summed E-state index contributed by atoms with van der Waals surface area (Å²) in [4.78, 5) is 17.2. The van der Waals surface area contributed by atoms with Crippen molar-refractivity contribution < 1.29 is 9.18 Å². The molecule has 0 aliphatic rings. The van der Waals surface area contributed by atoms with Crippen molar-refractivity contribution in [3.05, 3.63) is 29.8 Å². The van der Waals surface area contributed by atoms with Gasteiger partial charge in [0.15, 0.2) is 0 Å². The standard InChI is InChI=1S/C12H18FN3O/c1-16(8-4-2-3-7-14)12(17)11-6-5-10(13)9-15-11/h5-6,9H,2-4,7-8,14H2,1H3. The molecule has 0 saturated heterocycles. The van der Waals surface area contributed by atoms with E-state index in [4.69, 9.17) is 5.73 Å². The van der Waals surface area contributed by atoms with E-state index in [9.17, 15) is 9.18 Å². The molecule has 0 aliphatic carbocycles. The van der Waals surface area contributed by atoms with Gasteiger partial charge in [-0.1, -0.05) is 6.42 Å². The average molecular weight is 239 g/mol. The Morgan fingerprint density at radius 2 is 2.18 bits per heavy atom. The summed E-state index contributed by atoms with van der Waals surface area (Å²) >= 11 is 0. The van der Waals surface area contributed by atoms with Gasteiger partial charge in [-0.3, -0.25) is 4.79 Å². The van der Waals surface area contributed by atoms with Gasteiger partial charge < -0.3 is 10.6 Å². The number of hydrogen-bond donors (Lipinski definition) is 1. The van der Waals surface area contributed by atoms with Gasteiger partial charge in [0, 0.05) is 13.6 Å². The van der Waals surface area contributed by atoms with Crippen molar-refractivity contribution in [3.8, 4) is 0 Å². The van der Waals surface area contributed by atoms with E-state index in [1.807, 2.05) is 0 Å². The molecule has 0 fully saturated rings. The van der Waals surface area contributed by atoms with Gasteiger partial charge in [-0.05, 0) is 31.5 Å². The molecule has 1 heterocycles. The van der Waals surface area contributed by atoms with E-state index in [1.165, 1.54) is 12.1 Å². The third kappa shape index (κ3) is 4.48. The highest BCUT2D eigenvalue weighted by molar-refractivity contribution is 5.91. The maximum atomic E-state index is 12.6. The SMILES string of the molecule is CN(CCCCCN)C(=O)c1ccc(F)cn1. The lowest BCUT2D eigenvalue weighted by Gasteiger charge is -2.16. The number of aromatic nitrogens is 1. The van der Waals surface area contributed by atoms with E-state index < -0.39 is 5.82 Å². The minimum atomic E-state index is -0.438. The number of unbranched alkanes of at least 4 members (excludes halogenated alkanes) is 2. The van der Waals surface area contributed by atoms with E-state index in [0.29, 0.717) is 13.1 Å². The second-order valence-electron chi connectivity index (χ2n) is 3.94. The number of amides is 1. The first kappa shape index (κ1) is 13.6. The molecule has 1 aromatic heterocycles. The van der Waals surface area contributed by atoms with E-state index in [1.54, 1.807) is 11.9 Å². The molecule has 0 bridgehead atoms. The number of halogens is 1. The number of rotatable bonds is 6. The molecule has 1 amide bonds. The third-order valence-corrected chi connectivity index (χ3v) is 2.49. The van der Waals surface area contributed by atoms with Crippen LogP contribution in [0.5, 0.6) is 0 Å². The first-order valence-electron chi connectivity index (χ1n) is 5.72. The Hall–Kier alpha value is -1.49. The average Bonchev–Trinajstić information content (AvgIpc) is 2.34. The predicted molar refractivity (Wildman–Crippen MR) is 64.1 cm³/mol. The molecule has 5 heteroatoms. The van der Waals surface area contributed by atoms with Gasteiger partial charge in [-0.2, -0.15) is 0 Å². The van der Waals surface area contributed by atoms with Crippen LogP contribution in [0.3, 0.4) is 0 Å². The normalized spacial score (nSPS) is 10.3. The van der Waals surface area contributed by atoms with Gasteiger partial charge in [-0.25, -0.2) is 9.37 Å². The third-order valence-electron chi connectivity index (χ3n) is 2.49. The summed E-state index contributed by atoms with van der Waals surface area (Å²) in [6.45, 7) is 1.34. The summed E-state index contributed by atoms with van der Waals surface area (Å²) in [6, 6.07) is 2.64. The van der Waals surface area contributed by atoms with Crippen LogP contribution in [0.1, 0.15) is 29.8 Å². The maximum Gasteiger partial charge on any atom is 0.272 e. The van der Waals surface area contributed by atoms with Gasteiger partial charge in [0.2, 0.25) is 0 Å². The van der Waals surface area contributed by atoms with E-state index in [-0.39, 0.29) is 11.6 Å². The zero-order valence-electron chi connectivity index (χ0n) is 10.0. The lowest BCUT2D eigenvalue weighted by molar-refractivity contribution is 0.0787. The minimum absolute atomic E-state index is 0.183. The Labute approximate surface area is 101 Å². The summed E-state index contributed by atoms with van der Waals surface area (Å²) in [6.07, 6.45) is 3.94. The number of carbonyl (C=O) groups excluding carboxylic acids is 1. The molecule has 0 radical (unpaired) electrons. The molecule has 17 heavy (non-hydrogen) atoms. The minimum Gasteiger partial charge on any atom is -0.340 e. The van der Waals surface area contributed by atoms with Crippen LogP contribution < -0.4 is 5.73 Å². The molecule has 94 valence electrons. The van der Waals surface area contributed by atoms with E-state index in [0.717, 1.165) is 25.5 Å². The van der Waals surface area contributed by atoms with Gasteiger partial charge in [0.1, 0.15) is 11.5 Å². The summed E-state index contributed by atoms with van der Waals surface area (Å²) in [5, 5.41) is 0. The molecular weight excluding hydrogens is 221 g/mol. The fraction of sp³-hybridized carbons (Fsp3) is 0.500. The Balaban J connectivity index is 2.43. The number of pyridine rings is 1. The van der Waals surface area contributed by atoms with Crippen molar-refractivity contribution in [1.82, 2.24) is 9.88 Å². The van der Waals surface area contributed by atoms with Gasteiger partial charge in [-0.15, -0.1) is 0 Å². The Morgan fingerprint density at radius 1 is 1.41 bits per heavy atom.